The Morgan fingerprint density at radius 1 is 0.892 bits per heavy atom. The largest absolute Gasteiger partial charge is 0.507 e. The third-order valence-electron chi connectivity index (χ3n) is 6.62. The van der Waals surface area contributed by atoms with E-state index in [1.165, 1.54) is 17.0 Å². The van der Waals surface area contributed by atoms with E-state index in [-0.39, 0.29) is 28.9 Å². The number of hydrogen-bond acceptors (Lipinski definition) is 3. The number of carbonyl (C=O) groups is 2. The van der Waals surface area contributed by atoms with E-state index in [2.05, 4.69) is 0 Å². The topological polar surface area (TPSA) is 57.6 Å². The molecule has 1 N–H and O–H groups in total. The van der Waals surface area contributed by atoms with E-state index in [9.17, 15) is 27.9 Å². The second-order valence-electron chi connectivity index (χ2n) is 10.3. The van der Waals surface area contributed by atoms with Crippen molar-refractivity contribution in [2.24, 2.45) is 0 Å². The van der Waals surface area contributed by atoms with Crippen molar-refractivity contribution in [3.8, 4) is 0 Å². The number of rotatable bonds is 4. The molecule has 3 aromatic carbocycles. The molecule has 1 amide bonds. The monoisotopic (exact) mass is 507 g/mol. The van der Waals surface area contributed by atoms with Crippen molar-refractivity contribution in [1.29, 1.82) is 0 Å². The van der Waals surface area contributed by atoms with Gasteiger partial charge in [-0.25, -0.2) is 0 Å². The molecule has 4 rings (SSSR count). The first-order valence-electron chi connectivity index (χ1n) is 11.9. The lowest BCUT2D eigenvalue weighted by molar-refractivity contribution is -0.140. The van der Waals surface area contributed by atoms with Crippen LogP contribution in [0.5, 0.6) is 0 Å². The van der Waals surface area contributed by atoms with E-state index in [1.54, 1.807) is 37.3 Å². The number of amides is 1. The van der Waals surface area contributed by atoms with Crippen molar-refractivity contribution in [2.75, 3.05) is 0 Å². The number of likely N-dealkylation sites (tertiary alicyclic amines) is 1. The van der Waals surface area contributed by atoms with Crippen LogP contribution in [0.3, 0.4) is 0 Å². The normalized spacial score (nSPS) is 17.9. The molecule has 1 saturated heterocycles. The van der Waals surface area contributed by atoms with E-state index < -0.39 is 29.5 Å². The predicted molar refractivity (Wildman–Crippen MR) is 136 cm³/mol. The summed E-state index contributed by atoms with van der Waals surface area (Å²) >= 11 is 0. The standard InChI is InChI=1S/C30H28F3NO3/c1-18-13-14-21(29(2,3)4)16-23(18)26(35)24-25(20-10-6-5-7-11-20)34(28(37)27(24)36)17-19-9-8-12-22(15-19)30(31,32)33/h5-16,25,35H,17H2,1-4H3/b26-24+. The van der Waals surface area contributed by atoms with Gasteiger partial charge in [-0.05, 0) is 52.8 Å². The summed E-state index contributed by atoms with van der Waals surface area (Å²) in [6.07, 6.45) is -4.54. The van der Waals surface area contributed by atoms with Crippen molar-refractivity contribution in [2.45, 2.75) is 51.9 Å². The number of aliphatic hydroxyl groups is 1. The number of aryl methyl sites for hydroxylation is 1. The summed E-state index contributed by atoms with van der Waals surface area (Å²) in [5.74, 6) is -2.06. The average molecular weight is 508 g/mol. The van der Waals surface area contributed by atoms with E-state index in [0.717, 1.165) is 23.3 Å². The van der Waals surface area contributed by atoms with E-state index in [4.69, 9.17) is 0 Å². The SMILES string of the molecule is Cc1ccc(C(C)(C)C)cc1/C(O)=C1\C(=O)C(=O)N(Cc2cccc(C(F)(F)F)c2)C1c1ccccc1. The Morgan fingerprint density at radius 2 is 1.57 bits per heavy atom. The van der Waals surface area contributed by atoms with Gasteiger partial charge in [0.15, 0.2) is 0 Å². The van der Waals surface area contributed by atoms with E-state index in [1.807, 2.05) is 39.0 Å². The molecule has 1 fully saturated rings. The lowest BCUT2D eigenvalue weighted by Crippen LogP contribution is -2.29. The zero-order chi connectivity index (χ0) is 27.1. The van der Waals surface area contributed by atoms with Crippen LogP contribution in [0.4, 0.5) is 13.2 Å². The molecule has 0 radical (unpaired) electrons. The number of ketones is 1. The first-order chi connectivity index (χ1) is 17.3. The Kier molecular flexibility index (Phi) is 6.76. The van der Waals surface area contributed by atoms with Gasteiger partial charge in [-0.15, -0.1) is 0 Å². The van der Waals surface area contributed by atoms with Crippen LogP contribution in [0, 0.1) is 6.92 Å². The highest BCUT2D eigenvalue weighted by molar-refractivity contribution is 6.46. The minimum atomic E-state index is -4.54. The summed E-state index contributed by atoms with van der Waals surface area (Å²) in [6, 6.07) is 18.0. The molecule has 1 heterocycles. The average Bonchev–Trinajstić information content (AvgIpc) is 3.08. The molecule has 0 aromatic heterocycles. The Morgan fingerprint density at radius 3 is 2.19 bits per heavy atom. The summed E-state index contributed by atoms with van der Waals surface area (Å²) in [5, 5.41) is 11.5. The van der Waals surface area contributed by atoms with Gasteiger partial charge < -0.3 is 10.0 Å². The molecule has 7 heteroatoms. The molecule has 4 nitrogen and oxygen atoms in total. The lowest BCUT2D eigenvalue weighted by atomic mass is 9.84. The third-order valence-corrected chi connectivity index (χ3v) is 6.62. The highest BCUT2D eigenvalue weighted by Crippen LogP contribution is 2.41. The lowest BCUT2D eigenvalue weighted by Gasteiger charge is -2.26. The number of Topliss-reactive ketones (excluding diaryl/α,β-unsaturated/α-hetero) is 1. The van der Waals surface area contributed by atoms with Gasteiger partial charge in [0.1, 0.15) is 5.76 Å². The maximum absolute atomic E-state index is 13.3. The molecular formula is C30H28F3NO3. The van der Waals surface area contributed by atoms with Gasteiger partial charge >= 0.3 is 6.18 Å². The van der Waals surface area contributed by atoms with Crippen LogP contribution in [0.15, 0.2) is 78.4 Å². The van der Waals surface area contributed by atoms with Crippen LogP contribution >= 0.6 is 0 Å². The van der Waals surface area contributed by atoms with Crippen molar-refractivity contribution in [1.82, 2.24) is 4.90 Å². The minimum absolute atomic E-state index is 0.0858. The molecule has 0 aliphatic carbocycles. The van der Waals surface area contributed by atoms with Crippen molar-refractivity contribution in [3.63, 3.8) is 0 Å². The highest BCUT2D eigenvalue weighted by atomic mass is 19.4. The summed E-state index contributed by atoms with van der Waals surface area (Å²) in [7, 11) is 0. The molecule has 1 atom stereocenters. The smallest absolute Gasteiger partial charge is 0.416 e. The number of aliphatic hydroxyl groups excluding tert-OH is 1. The van der Waals surface area contributed by atoms with Crippen LogP contribution in [0.25, 0.3) is 5.76 Å². The Labute approximate surface area is 214 Å². The molecule has 37 heavy (non-hydrogen) atoms. The number of hydrogen-bond donors (Lipinski definition) is 1. The van der Waals surface area contributed by atoms with Crippen LogP contribution in [0.2, 0.25) is 0 Å². The Bertz CT molecular complexity index is 1390. The fourth-order valence-corrected chi connectivity index (χ4v) is 4.56. The van der Waals surface area contributed by atoms with Gasteiger partial charge in [-0.1, -0.05) is 75.4 Å². The van der Waals surface area contributed by atoms with Crippen LogP contribution in [0.1, 0.15) is 60.2 Å². The minimum Gasteiger partial charge on any atom is -0.507 e. The van der Waals surface area contributed by atoms with E-state index >= 15 is 0 Å². The summed E-state index contributed by atoms with van der Waals surface area (Å²) < 4.78 is 39.9. The van der Waals surface area contributed by atoms with Gasteiger partial charge in [-0.2, -0.15) is 13.2 Å². The third kappa shape index (κ3) is 5.17. The number of alkyl halides is 3. The summed E-state index contributed by atoms with van der Waals surface area (Å²) in [5.41, 5.74) is 1.74. The Balaban J connectivity index is 1.87. The number of halogens is 3. The molecule has 0 spiro atoms. The van der Waals surface area contributed by atoms with Gasteiger partial charge in [-0.3, -0.25) is 9.59 Å². The molecule has 3 aromatic rings. The predicted octanol–water partition coefficient (Wildman–Crippen LogP) is 6.93. The first kappa shape index (κ1) is 26.2. The van der Waals surface area contributed by atoms with Crippen molar-refractivity contribution in [3.05, 3.63) is 112 Å². The molecular weight excluding hydrogens is 479 g/mol. The molecule has 0 saturated carbocycles. The zero-order valence-electron chi connectivity index (χ0n) is 21.1. The maximum Gasteiger partial charge on any atom is 0.416 e. The number of carbonyl (C=O) groups excluding carboxylic acids is 2. The van der Waals surface area contributed by atoms with Gasteiger partial charge in [0, 0.05) is 12.1 Å². The van der Waals surface area contributed by atoms with E-state index in [0.29, 0.717) is 11.1 Å². The highest BCUT2D eigenvalue weighted by Gasteiger charge is 2.46. The summed E-state index contributed by atoms with van der Waals surface area (Å²) in [4.78, 5) is 27.8. The second-order valence-corrected chi connectivity index (χ2v) is 10.3. The number of nitrogens with zero attached hydrogens (tertiary/aromatic N) is 1. The quantitative estimate of drug-likeness (QED) is 0.237. The fourth-order valence-electron chi connectivity index (χ4n) is 4.56. The van der Waals surface area contributed by atoms with Gasteiger partial charge in [0.2, 0.25) is 0 Å². The molecule has 1 aliphatic rings. The second kappa shape index (κ2) is 9.54. The molecule has 1 unspecified atom stereocenters. The maximum atomic E-state index is 13.3. The first-order valence-corrected chi connectivity index (χ1v) is 11.9. The molecule has 192 valence electrons. The van der Waals surface area contributed by atoms with Crippen LogP contribution in [-0.2, 0) is 27.7 Å². The summed E-state index contributed by atoms with van der Waals surface area (Å²) in [6.45, 7) is 7.65. The van der Waals surface area contributed by atoms with Gasteiger partial charge in [0.25, 0.3) is 11.7 Å². The zero-order valence-corrected chi connectivity index (χ0v) is 21.1. The van der Waals surface area contributed by atoms with Crippen molar-refractivity contribution >= 4 is 17.4 Å². The number of benzene rings is 3. The molecule has 1 aliphatic heterocycles. The van der Waals surface area contributed by atoms with Crippen molar-refractivity contribution < 1.29 is 27.9 Å². The Hall–Kier alpha value is -3.87. The van der Waals surface area contributed by atoms with Crippen LogP contribution in [-0.4, -0.2) is 21.7 Å². The molecule has 0 bridgehead atoms. The fraction of sp³-hybridized carbons (Fsp3) is 0.267. The van der Waals surface area contributed by atoms with Gasteiger partial charge in [0.05, 0.1) is 17.2 Å². The van der Waals surface area contributed by atoms with Crippen LogP contribution < -0.4 is 0 Å².